The number of anilines is 1. The van der Waals surface area contributed by atoms with E-state index in [4.69, 9.17) is 9.53 Å². The topological polar surface area (TPSA) is 3.24 Å². The molecule has 4 aliphatic carbocycles. The van der Waals surface area contributed by atoms with E-state index >= 15 is 0 Å². The van der Waals surface area contributed by atoms with E-state index in [0.717, 1.165) is 0 Å². The van der Waals surface area contributed by atoms with Gasteiger partial charge in [-0.05, 0) is 73.5 Å². The van der Waals surface area contributed by atoms with Gasteiger partial charge in [0.05, 0.1) is 0 Å². The molecule has 2 aromatic rings. The van der Waals surface area contributed by atoms with Crippen molar-refractivity contribution in [1.82, 2.24) is 0 Å². The summed E-state index contributed by atoms with van der Waals surface area (Å²) >= 11 is 0.0767. The molecular formula is C28H37ClNPPd. The van der Waals surface area contributed by atoms with E-state index in [1.807, 2.05) is 20.2 Å². The SMILES string of the molecule is C1CC2CC1CC2PC1C[C@@H]2CC[C@H]1C2.CN(C)c1cccc(-c2ccccc2)[c]1[Pd][Cl]. The zero-order valence-corrected chi connectivity index (χ0v) is 22.7. The number of halogens is 1. The summed E-state index contributed by atoms with van der Waals surface area (Å²) in [4.78, 5) is 2.11. The summed E-state index contributed by atoms with van der Waals surface area (Å²) in [6.45, 7) is 0. The molecule has 1 nitrogen and oxygen atoms in total. The zero-order valence-electron chi connectivity index (χ0n) is 19.4. The number of fused-ring (bicyclic) bond motifs is 4. The Balaban J connectivity index is 0.000000136. The first-order chi connectivity index (χ1) is 15.6. The van der Waals surface area contributed by atoms with Crippen LogP contribution in [-0.2, 0) is 17.0 Å². The first-order valence-electron chi connectivity index (χ1n) is 12.4. The van der Waals surface area contributed by atoms with Crippen LogP contribution in [0.2, 0.25) is 0 Å². The molecule has 4 bridgehead atoms. The van der Waals surface area contributed by atoms with Gasteiger partial charge in [0.15, 0.2) is 0 Å². The Bertz CT molecular complexity index is 878. The van der Waals surface area contributed by atoms with Gasteiger partial charge in [0, 0.05) is 0 Å². The van der Waals surface area contributed by atoms with Crippen LogP contribution < -0.4 is 8.94 Å². The van der Waals surface area contributed by atoms with E-state index in [-0.39, 0.29) is 17.0 Å². The Labute approximate surface area is 209 Å². The van der Waals surface area contributed by atoms with Crippen LogP contribution in [0.15, 0.2) is 48.5 Å². The van der Waals surface area contributed by atoms with Crippen molar-refractivity contribution in [3.63, 3.8) is 0 Å². The fourth-order valence-electron chi connectivity index (χ4n) is 6.91. The molecule has 4 saturated carbocycles. The van der Waals surface area contributed by atoms with Crippen molar-refractivity contribution in [2.24, 2.45) is 23.7 Å². The molecule has 4 heteroatoms. The fourth-order valence-corrected chi connectivity index (χ4v) is 11.4. The van der Waals surface area contributed by atoms with Crippen molar-refractivity contribution >= 4 is 27.8 Å². The molecule has 176 valence electrons. The van der Waals surface area contributed by atoms with Crippen LogP contribution in [0.1, 0.15) is 51.4 Å². The molecule has 6 rings (SSSR count). The molecule has 0 amide bonds. The minimum atomic E-state index is 0.0767. The molecule has 4 aliphatic rings. The van der Waals surface area contributed by atoms with E-state index < -0.39 is 0 Å². The van der Waals surface area contributed by atoms with E-state index in [9.17, 15) is 0 Å². The first-order valence-corrected chi connectivity index (χ1v) is 16.4. The van der Waals surface area contributed by atoms with Gasteiger partial charge in [0.2, 0.25) is 0 Å². The first kappa shape index (κ1) is 23.4. The molecule has 0 saturated heterocycles. The van der Waals surface area contributed by atoms with Crippen molar-refractivity contribution in [3.8, 4) is 11.1 Å². The van der Waals surface area contributed by atoms with E-state index in [0.29, 0.717) is 0 Å². The van der Waals surface area contributed by atoms with Crippen molar-refractivity contribution in [2.75, 3.05) is 19.0 Å². The van der Waals surface area contributed by atoms with Gasteiger partial charge in [-0.3, -0.25) is 0 Å². The summed E-state index contributed by atoms with van der Waals surface area (Å²) in [5.74, 6) is 4.72. The Morgan fingerprint density at radius 2 is 1.41 bits per heavy atom. The van der Waals surface area contributed by atoms with Gasteiger partial charge in [-0.1, -0.05) is 12.8 Å². The molecule has 0 aromatic heterocycles. The number of rotatable bonds is 5. The van der Waals surface area contributed by atoms with Crippen LogP contribution in [0.4, 0.5) is 5.69 Å². The minimum absolute atomic E-state index is 0.0767. The van der Waals surface area contributed by atoms with Gasteiger partial charge in [0.1, 0.15) is 0 Å². The number of hydrogen-bond acceptors (Lipinski definition) is 1. The molecule has 0 N–H and O–H groups in total. The van der Waals surface area contributed by atoms with Crippen molar-refractivity contribution in [2.45, 2.75) is 62.7 Å². The Kier molecular flexibility index (Phi) is 7.66. The van der Waals surface area contributed by atoms with Crippen LogP contribution in [0.3, 0.4) is 0 Å². The molecule has 0 aliphatic heterocycles. The normalized spacial score (nSPS) is 32.6. The monoisotopic (exact) mass is 559 g/mol. The summed E-state index contributed by atoms with van der Waals surface area (Å²) in [7, 11) is 11.6. The Morgan fingerprint density at radius 1 is 0.781 bits per heavy atom. The molecule has 0 spiro atoms. The van der Waals surface area contributed by atoms with E-state index in [2.05, 4.69) is 47.4 Å². The fraction of sp³-hybridized carbons (Fsp3) is 0.571. The van der Waals surface area contributed by atoms with Crippen LogP contribution in [0.5, 0.6) is 0 Å². The van der Waals surface area contributed by atoms with Crippen molar-refractivity contribution in [1.29, 1.82) is 0 Å². The van der Waals surface area contributed by atoms with Gasteiger partial charge in [0.25, 0.3) is 0 Å². The van der Waals surface area contributed by atoms with Gasteiger partial charge in [-0.2, -0.15) is 0 Å². The second-order valence-corrected chi connectivity index (χ2v) is 14.3. The number of nitrogens with zero attached hydrogens (tertiary/aromatic N) is 1. The van der Waals surface area contributed by atoms with Gasteiger partial charge < -0.3 is 0 Å². The van der Waals surface area contributed by atoms with Gasteiger partial charge in [-0.15, -0.1) is 8.58 Å². The zero-order chi connectivity index (χ0) is 22.1. The molecule has 0 radical (unpaired) electrons. The third-order valence-electron chi connectivity index (χ3n) is 8.48. The predicted octanol–water partition coefficient (Wildman–Crippen LogP) is 7.32. The molecule has 2 aromatic carbocycles. The van der Waals surface area contributed by atoms with Crippen molar-refractivity contribution in [3.05, 3.63) is 48.5 Å². The van der Waals surface area contributed by atoms with Gasteiger partial charge >= 0.3 is 115 Å². The Morgan fingerprint density at radius 3 is 1.88 bits per heavy atom. The van der Waals surface area contributed by atoms with E-state index in [1.165, 1.54) is 64.4 Å². The molecule has 7 atom stereocenters. The van der Waals surface area contributed by atoms with Gasteiger partial charge in [-0.25, -0.2) is 0 Å². The maximum absolute atomic E-state index is 6.15. The second kappa shape index (κ2) is 10.5. The molecule has 32 heavy (non-hydrogen) atoms. The van der Waals surface area contributed by atoms with Crippen LogP contribution in [-0.4, -0.2) is 25.4 Å². The molecular weight excluding hydrogens is 523 g/mol. The third kappa shape index (κ3) is 5.01. The van der Waals surface area contributed by atoms with Crippen LogP contribution >= 0.6 is 18.1 Å². The summed E-state index contributed by atoms with van der Waals surface area (Å²) in [6, 6.07) is 16.7. The van der Waals surface area contributed by atoms with E-state index in [1.54, 1.807) is 51.4 Å². The number of hydrogen-bond donors (Lipinski definition) is 0. The Hall–Kier alpha value is -0.378. The average molecular weight is 560 g/mol. The van der Waals surface area contributed by atoms with Crippen LogP contribution in [0, 0.1) is 23.7 Å². The third-order valence-corrected chi connectivity index (χ3v) is 12.6. The summed E-state index contributed by atoms with van der Waals surface area (Å²) in [5.41, 5.74) is 6.07. The number of benzene rings is 2. The summed E-state index contributed by atoms with van der Waals surface area (Å²) in [6.07, 6.45) is 12.9. The standard InChI is InChI=1S/C14H14N.C14H23P.ClH.Pd/c1-15(2)14-10-6-9-13(11-14)12-7-4-3-5-8-12;1-3-11-5-9(1)7-13(11)15-14-8-10-2-4-12(14)6-10;;/h3-10H,1-2H3;9-15H,1-8H2;1H;/q;;;+1/p-1/t;9-,10?,11+,12?,13?,14?;;/m.1../s1. The predicted molar refractivity (Wildman–Crippen MR) is 138 cm³/mol. The van der Waals surface area contributed by atoms with Crippen molar-refractivity contribution < 1.29 is 17.0 Å². The molecule has 4 fully saturated rings. The summed E-state index contributed by atoms with van der Waals surface area (Å²) in [5, 5.41) is 0. The second-order valence-electron chi connectivity index (χ2n) is 10.7. The quantitative estimate of drug-likeness (QED) is 0.274. The average Bonchev–Trinajstić information content (AvgIpc) is 3.62. The molecule has 5 unspecified atom stereocenters. The maximum atomic E-state index is 6.15. The molecule has 0 heterocycles. The summed E-state index contributed by atoms with van der Waals surface area (Å²) < 4.78 is 1.24. The van der Waals surface area contributed by atoms with Crippen LogP contribution in [0.25, 0.3) is 11.1 Å².